The van der Waals surface area contributed by atoms with Gasteiger partial charge < -0.3 is 9.47 Å². The van der Waals surface area contributed by atoms with Gasteiger partial charge >= 0.3 is 0 Å². The van der Waals surface area contributed by atoms with Crippen molar-refractivity contribution in [1.82, 2.24) is 0 Å². The van der Waals surface area contributed by atoms with Crippen LogP contribution in [-0.4, -0.2) is 12.4 Å². The van der Waals surface area contributed by atoms with Crippen LogP contribution in [0.3, 0.4) is 0 Å². The molecule has 3 atom stereocenters. The quantitative estimate of drug-likeness (QED) is 0.553. The highest BCUT2D eigenvalue weighted by atomic mass is 16.7. The molecule has 0 aromatic heterocycles. The van der Waals surface area contributed by atoms with Gasteiger partial charge in [0.25, 0.3) is 0 Å². The number of hydrogen-bond donors (Lipinski definition) is 0. The standard InChI is InChI=1S/C10H16O2/c1-7-9-5-3-4-6-10(9)12-8(2)11-7/h6-9H,3-5H2,1-2H3. The zero-order chi connectivity index (χ0) is 8.55. The zero-order valence-electron chi connectivity index (χ0n) is 7.75. The van der Waals surface area contributed by atoms with Crippen molar-refractivity contribution >= 4 is 0 Å². The van der Waals surface area contributed by atoms with Gasteiger partial charge in [-0.05, 0) is 39.2 Å². The van der Waals surface area contributed by atoms with Gasteiger partial charge in [-0.25, -0.2) is 0 Å². The molecule has 0 spiro atoms. The number of allylic oxidation sites excluding steroid dienone is 1. The van der Waals surface area contributed by atoms with Gasteiger partial charge in [-0.1, -0.05) is 0 Å². The molecule has 0 bridgehead atoms. The van der Waals surface area contributed by atoms with Crippen molar-refractivity contribution in [3.63, 3.8) is 0 Å². The molecule has 0 N–H and O–H groups in total. The Balaban J connectivity index is 2.14. The van der Waals surface area contributed by atoms with Crippen LogP contribution in [0, 0.1) is 5.92 Å². The first kappa shape index (κ1) is 8.11. The van der Waals surface area contributed by atoms with E-state index in [1.54, 1.807) is 0 Å². The molecule has 1 aliphatic heterocycles. The van der Waals surface area contributed by atoms with Crippen LogP contribution in [-0.2, 0) is 9.47 Å². The van der Waals surface area contributed by atoms with Gasteiger partial charge in [-0.15, -0.1) is 0 Å². The number of hydrogen-bond acceptors (Lipinski definition) is 2. The molecule has 0 amide bonds. The number of ether oxygens (including phenoxy) is 2. The topological polar surface area (TPSA) is 18.5 Å². The van der Waals surface area contributed by atoms with Gasteiger partial charge in [0.15, 0.2) is 6.29 Å². The fourth-order valence-electron chi connectivity index (χ4n) is 2.09. The Bertz CT molecular complexity index is 198. The predicted molar refractivity (Wildman–Crippen MR) is 46.5 cm³/mol. The van der Waals surface area contributed by atoms with Gasteiger partial charge in [-0.2, -0.15) is 0 Å². The van der Waals surface area contributed by atoms with E-state index in [1.807, 2.05) is 6.92 Å². The van der Waals surface area contributed by atoms with E-state index in [9.17, 15) is 0 Å². The highest BCUT2D eigenvalue weighted by molar-refractivity contribution is 5.06. The summed E-state index contributed by atoms with van der Waals surface area (Å²) in [5.41, 5.74) is 0. The maximum atomic E-state index is 5.60. The maximum Gasteiger partial charge on any atom is 0.196 e. The van der Waals surface area contributed by atoms with Crippen LogP contribution in [0.15, 0.2) is 11.8 Å². The van der Waals surface area contributed by atoms with Crippen molar-refractivity contribution < 1.29 is 9.47 Å². The Kier molecular flexibility index (Phi) is 2.09. The lowest BCUT2D eigenvalue weighted by molar-refractivity contribution is -0.192. The summed E-state index contributed by atoms with van der Waals surface area (Å²) in [5.74, 6) is 1.70. The van der Waals surface area contributed by atoms with E-state index in [4.69, 9.17) is 9.47 Å². The van der Waals surface area contributed by atoms with Crippen molar-refractivity contribution in [3.8, 4) is 0 Å². The molecule has 1 aliphatic carbocycles. The van der Waals surface area contributed by atoms with E-state index in [0.29, 0.717) is 12.0 Å². The first-order chi connectivity index (χ1) is 5.77. The first-order valence-corrected chi connectivity index (χ1v) is 4.79. The number of fused-ring (bicyclic) bond motifs is 1. The second-order valence-electron chi connectivity index (χ2n) is 3.67. The smallest absolute Gasteiger partial charge is 0.196 e. The second kappa shape index (κ2) is 3.09. The van der Waals surface area contributed by atoms with Gasteiger partial charge in [0.2, 0.25) is 0 Å². The lowest BCUT2D eigenvalue weighted by atomic mass is 9.89. The van der Waals surface area contributed by atoms with Crippen LogP contribution in [0.25, 0.3) is 0 Å². The fraction of sp³-hybridized carbons (Fsp3) is 0.800. The molecule has 2 rings (SSSR count). The molecule has 0 aromatic carbocycles. The van der Waals surface area contributed by atoms with Crippen molar-refractivity contribution in [1.29, 1.82) is 0 Å². The minimum Gasteiger partial charge on any atom is -0.470 e. The third kappa shape index (κ3) is 1.36. The molecule has 2 nitrogen and oxygen atoms in total. The van der Waals surface area contributed by atoms with E-state index in [1.165, 1.54) is 25.0 Å². The Labute approximate surface area is 73.5 Å². The minimum atomic E-state index is -0.0550. The summed E-state index contributed by atoms with van der Waals surface area (Å²) < 4.78 is 11.2. The molecule has 0 aromatic rings. The van der Waals surface area contributed by atoms with Gasteiger partial charge in [-0.3, -0.25) is 0 Å². The summed E-state index contributed by atoms with van der Waals surface area (Å²) >= 11 is 0. The third-order valence-corrected chi connectivity index (χ3v) is 2.71. The Hall–Kier alpha value is -0.500. The van der Waals surface area contributed by atoms with E-state index >= 15 is 0 Å². The van der Waals surface area contributed by atoms with Crippen LogP contribution < -0.4 is 0 Å². The molecule has 0 radical (unpaired) electrons. The Morgan fingerprint density at radius 1 is 1.42 bits per heavy atom. The monoisotopic (exact) mass is 168 g/mol. The molecular formula is C10H16O2. The normalized spacial score (nSPS) is 41.2. The van der Waals surface area contributed by atoms with E-state index in [-0.39, 0.29) is 6.29 Å². The van der Waals surface area contributed by atoms with Crippen LogP contribution in [0.5, 0.6) is 0 Å². The highest BCUT2D eigenvalue weighted by Gasteiger charge is 2.32. The molecule has 1 saturated heterocycles. The summed E-state index contributed by atoms with van der Waals surface area (Å²) in [6.45, 7) is 4.10. The van der Waals surface area contributed by atoms with Crippen LogP contribution in [0.1, 0.15) is 33.1 Å². The van der Waals surface area contributed by atoms with Crippen molar-refractivity contribution in [2.24, 2.45) is 5.92 Å². The largest absolute Gasteiger partial charge is 0.470 e. The predicted octanol–water partition coefficient (Wildman–Crippen LogP) is 2.45. The fourth-order valence-corrected chi connectivity index (χ4v) is 2.09. The van der Waals surface area contributed by atoms with Crippen molar-refractivity contribution in [2.45, 2.75) is 45.5 Å². The number of rotatable bonds is 0. The first-order valence-electron chi connectivity index (χ1n) is 4.79. The van der Waals surface area contributed by atoms with Crippen molar-refractivity contribution in [2.75, 3.05) is 0 Å². The lowest BCUT2D eigenvalue weighted by Gasteiger charge is -2.37. The lowest BCUT2D eigenvalue weighted by Crippen LogP contribution is -2.36. The van der Waals surface area contributed by atoms with Crippen molar-refractivity contribution in [3.05, 3.63) is 11.8 Å². The maximum absolute atomic E-state index is 5.60. The van der Waals surface area contributed by atoms with Gasteiger partial charge in [0, 0.05) is 5.92 Å². The molecule has 1 fully saturated rings. The van der Waals surface area contributed by atoms with E-state index < -0.39 is 0 Å². The zero-order valence-corrected chi connectivity index (χ0v) is 7.75. The third-order valence-electron chi connectivity index (χ3n) is 2.71. The summed E-state index contributed by atoms with van der Waals surface area (Å²) in [5, 5.41) is 0. The van der Waals surface area contributed by atoms with Gasteiger partial charge in [0.1, 0.15) is 5.76 Å². The summed E-state index contributed by atoms with van der Waals surface area (Å²) in [6.07, 6.45) is 6.18. The molecule has 2 aliphatic rings. The molecule has 2 heteroatoms. The highest BCUT2D eigenvalue weighted by Crippen LogP contribution is 2.34. The van der Waals surface area contributed by atoms with E-state index in [0.717, 1.165) is 0 Å². The van der Waals surface area contributed by atoms with Crippen LogP contribution in [0.4, 0.5) is 0 Å². The molecule has 68 valence electrons. The average molecular weight is 168 g/mol. The van der Waals surface area contributed by atoms with Gasteiger partial charge in [0.05, 0.1) is 6.10 Å². The molecule has 3 unspecified atom stereocenters. The van der Waals surface area contributed by atoms with E-state index in [2.05, 4.69) is 13.0 Å². The SMILES string of the molecule is CC1OC2=CCCCC2C(C)O1. The minimum absolute atomic E-state index is 0.0550. The molecule has 0 saturated carbocycles. The summed E-state index contributed by atoms with van der Waals surface area (Å²) in [6, 6.07) is 0. The molecule has 12 heavy (non-hydrogen) atoms. The van der Waals surface area contributed by atoms with Crippen LogP contribution >= 0.6 is 0 Å². The Morgan fingerprint density at radius 2 is 2.25 bits per heavy atom. The molecule has 1 heterocycles. The Morgan fingerprint density at radius 3 is 3.08 bits per heavy atom. The van der Waals surface area contributed by atoms with Crippen LogP contribution in [0.2, 0.25) is 0 Å². The summed E-state index contributed by atoms with van der Waals surface area (Å²) in [7, 11) is 0. The average Bonchev–Trinajstić information content (AvgIpc) is 2.04. The molecular weight excluding hydrogens is 152 g/mol. The summed E-state index contributed by atoms with van der Waals surface area (Å²) in [4.78, 5) is 0. The second-order valence-corrected chi connectivity index (χ2v) is 3.67.